The van der Waals surface area contributed by atoms with Crippen LogP contribution in [0.25, 0.3) is 0 Å². The number of halogens is 1. The number of aryl methyl sites for hydroxylation is 3. The first kappa shape index (κ1) is 23.8. The Kier molecular flexibility index (Phi) is 8.25. The van der Waals surface area contributed by atoms with Crippen molar-refractivity contribution in [3.63, 3.8) is 0 Å². The average molecular weight is 469 g/mol. The molecule has 0 fully saturated rings. The largest absolute Gasteiger partial charge is 0.350 e. The van der Waals surface area contributed by atoms with E-state index in [0.717, 1.165) is 22.4 Å². The van der Waals surface area contributed by atoms with Crippen LogP contribution in [0.1, 0.15) is 39.2 Å². The molecule has 1 aromatic heterocycles. The SMILES string of the molecule is Cc1ccc(CSc2ncc(Cl)c(C(=O)NCCC(=O)Nc3ccc(C)c(C)c3)n2)cc1. The third-order valence-electron chi connectivity index (χ3n) is 4.85. The van der Waals surface area contributed by atoms with Crippen molar-refractivity contribution < 1.29 is 9.59 Å². The summed E-state index contributed by atoms with van der Waals surface area (Å²) in [6.45, 7) is 6.21. The minimum atomic E-state index is -0.437. The number of thioether (sulfide) groups is 1. The van der Waals surface area contributed by atoms with E-state index in [0.29, 0.717) is 10.9 Å². The minimum absolute atomic E-state index is 0.0997. The molecule has 2 amide bonds. The van der Waals surface area contributed by atoms with Crippen LogP contribution in [-0.4, -0.2) is 28.3 Å². The molecule has 8 heteroatoms. The number of nitrogens with one attached hydrogen (secondary N) is 2. The number of hydrogen-bond acceptors (Lipinski definition) is 5. The van der Waals surface area contributed by atoms with Crippen molar-refractivity contribution in [3.05, 3.63) is 81.6 Å². The third kappa shape index (κ3) is 6.80. The van der Waals surface area contributed by atoms with Gasteiger partial charge in [-0.3, -0.25) is 9.59 Å². The van der Waals surface area contributed by atoms with Crippen molar-refractivity contribution in [2.45, 2.75) is 38.1 Å². The zero-order chi connectivity index (χ0) is 23.1. The van der Waals surface area contributed by atoms with Gasteiger partial charge in [-0.15, -0.1) is 0 Å². The van der Waals surface area contributed by atoms with Gasteiger partial charge in [0.25, 0.3) is 5.91 Å². The van der Waals surface area contributed by atoms with E-state index in [1.54, 1.807) is 0 Å². The summed E-state index contributed by atoms with van der Waals surface area (Å²) in [5.74, 6) is 0.0620. The molecule has 32 heavy (non-hydrogen) atoms. The van der Waals surface area contributed by atoms with Crippen molar-refractivity contribution in [1.82, 2.24) is 15.3 Å². The van der Waals surface area contributed by atoms with Crippen LogP contribution >= 0.6 is 23.4 Å². The van der Waals surface area contributed by atoms with Gasteiger partial charge in [0.1, 0.15) is 0 Å². The molecule has 1 heterocycles. The number of hydrogen-bond donors (Lipinski definition) is 2. The number of carbonyl (C=O) groups is 2. The fourth-order valence-corrected chi connectivity index (χ4v) is 3.78. The number of amides is 2. The zero-order valence-electron chi connectivity index (χ0n) is 18.2. The average Bonchev–Trinajstić information content (AvgIpc) is 2.76. The molecule has 0 aliphatic carbocycles. The molecule has 3 rings (SSSR count). The highest BCUT2D eigenvalue weighted by atomic mass is 35.5. The quantitative estimate of drug-likeness (QED) is 0.354. The molecule has 2 N–H and O–H groups in total. The highest BCUT2D eigenvalue weighted by Crippen LogP contribution is 2.22. The summed E-state index contributed by atoms with van der Waals surface area (Å²) in [5, 5.41) is 6.17. The van der Waals surface area contributed by atoms with E-state index in [-0.39, 0.29) is 29.6 Å². The van der Waals surface area contributed by atoms with Gasteiger partial charge in [-0.1, -0.05) is 59.3 Å². The van der Waals surface area contributed by atoms with E-state index in [1.165, 1.54) is 23.5 Å². The Morgan fingerprint density at radius 2 is 1.78 bits per heavy atom. The van der Waals surface area contributed by atoms with Gasteiger partial charge in [-0.05, 0) is 49.6 Å². The normalized spacial score (nSPS) is 10.6. The summed E-state index contributed by atoms with van der Waals surface area (Å²) < 4.78 is 0. The Bertz CT molecular complexity index is 1120. The predicted molar refractivity (Wildman–Crippen MR) is 129 cm³/mol. The molecule has 0 radical (unpaired) electrons. The summed E-state index contributed by atoms with van der Waals surface area (Å²) in [6, 6.07) is 13.9. The molecular formula is C24H25ClN4O2S. The summed E-state index contributed by atoms with van der Waals surface area (Å²) in [4.78, 5) is 33.2. The molecule has 0 aliphatic heterocycles. The summed E-state index contributed by atoms with van der Waals surface area (Å²) in [5.41, 5.74) is 5.43. The number of anilines is 1. The Morgan fingerprint density at radius 3 is 2.50 bits per heavy atom. The Morgan fingerprint density at radius 1 is 1.03 bits per heavy atom. The van der Waals surface area contributed by atoms with Crippen molar-refractivity contribution in [2.75, 3.05) is 11.9 Å². The molecular weight excluding hydrogens is 444 g/mol. The van der Waals surface area contributed by atoms with Crippen LogP contribution in [0.2, 0.25) is 5.02 Å². The van der Waals surface area contributed by atoms with Gasteiger partial charge in [0, 0.05) is 24.4 Å². The van der Waals surface area contributed by atoms with E-state index in [1.807, 2.05) is 51.1 Å². The van der Waals surface area contributed by atoms with Crippen LogP contribution in [0.15, 0.2) is 53.8 Å². The number of aromatic nitrogens is 2. The van der Waals surface area contributed by atoms with Gasteiger partial charge in [0.15, 0.2) is 10.9 Å². The molecule has 0 aliphatic rings. The molecule has 0 bridgehead atoms. The first-order valence-corrected chi connectivity index (χ1v) is 11.5. The lowest BCUT2D eigenvalue weighted by molar-refractivity contribution is -0.116. The predicted octanol–water partition coefficient (Wildman–Crippen LogP) is 5.11. The van der Waals surface area contributed by atoms with Gasteiger partial charge in [0.05, 0.1) is 11.2 Å². The smallest absolute Gasteiger partial charge is 0.271 e. The maximum absolute atomic E-state index is 12.5. The second kappa shape index (κ2) is 11.1. The van der Waals surface area contributed by atoms with Crippen LogP contribution in [0.5, 0.6) is 0 Å². The molecule has 0 saturated carbocycles. The van der Waals surface area contributed by atoms with E-state index in [9.17, 15) is 9.59 Å². The Hall–Kier alpha value is -2.90. The fraction of sp³-hybridized carbons (Fsp3) is 0.250. The van der Waals surface area contributed by atoms with Gasteiger partial charge >= 0.3 is 0 Å². The lowest BCUT2D eigenvalue weighted by Gasteiger charge is -2.09. The van der Waals surface area contributed by atoms with Crippen LogP contribution in [0, 0.1) is 20.8 Å². The monoisotopic (exact) mass is 468 g/mol. The van der Waals surface area contributed by atoms with Gasteiger partial charge < -0.3 is 10.6 Å². The standard InChI is InChI=1S/C24H25ClN4O2S/c1-15-4-7-18(8-5-15)14-32-24-27-13-20(25)22(29-24)23(31)26-11-10-21(30)28-19-9-6-16(2)17(3)12-19/h4-9,12-13H,10-11,14H2,1-3H3,(H,26,31)(H,28,30). The molecule has 2 aromatic carbocycles. The van der Waals surface area contributed by atoms with Crippen LogP contribution in [-0.2, 0) is 10.5 Å². The first-order valence-electron chi connectivity index (χ1n) is 10.2. The Labute approximate surface area is 197 Å². The third-order valence-corrected chi connectivity index (χ3v) is 6.06. The molecule has 6 nitrogen and oxygen atoms in total. The topological polar surface area (TPSA) is 84.0 Å². The molecule has 3 aromatic rings. The van der Waals surface area contributed by atoms with E-state index < -0.39 is 5.91 Å². The molecule has 0 spiro atoms. The lowest BCUT2D eigenvalue weighted by atomic mass is 10.1. The number of rotatable bonds is 8. The molecule has 0 saturated heterocycles. The second-order valence-electron chi connectivity index (χ2n) is 7.48. The maximum atomic E-state index is 12.5. The van der Waals surface area contributed by atoms with Crippen LogP contribution < -0.4 is 10.6 Å². The van der Waals surface area contributed by atoms with Crippen molar-refractivity contribution >= 4 is 40.9 Å². The van der Waals surface area contributed by atoms with E-state index in [2.05, 4.69) is 32.7 Å². The highest BCUT2D eigenvalue weighted by Gasteiger charge is 2.15. The highest BCUT2D eigenvalue weighted by molar-refractivity contribution is 7.98. The number of benzene rings is 2. The van der Waals surface area contributed by atoms with Gasteiger partial charge in [-0.2, -0.15) is 0 Å². The molecule has 0 atom stereocenters. The fourth-order valence-electron chi connectivity index (χ4n) is 2.83. The number of nitrogens with zero attached hydrogens (tertiary/aromatic N) is 2. The first-order chi connectivity index (χ1) is 15.3. The van der Waals surface area contributed by atoms with Crippen LogP contribution in [0.3, 0.4) is 0 Å². The van der Waals surface area contributed by atoms with Crippen molar-refractivity contribution in [1.29, 1.82) is 0 Å². The molecule has 166 valence electrons. The Balaban J connectivity index is 1.51. The van der Waals surface area contributed by atoms with Crippen molar-refractivity contribution in [3.8, 4) is 0 Å². The summed E-state index contributed by atoms with van der Waals surface area (Å²) >= 11 is 7.55. The van der Waals surface area contributed by atoms with Crippen LogP contribution in [0.4, 0.5) is 5.69 Å². The maximum Gasteiger partial charge on any atom is 0.271 e. The molecule has 0 unspecified atom stereocenters. The van der Waals surface area contributed by atoms with Gasteiger partial charge in [-0.25, -0.2) is 9.97 Å². The summed E-state index contributed by atoms with van der Waals surface area (Å²) in [7, 11) is 0. The van der Waals surface area contributed by atoms with E-state index in [4.69, 9.17) is 11.6 Å². The zero-order valence-corrected chi connectivity index (χ0v) is 19.8. The van der Waals surface area contributed by atoms with E-state index >= 15 is 0 Å². The second-order valence-corrected chi connectivity index (χ2v) is 8.83. The number of carbonyl (C=O) groups excluding carboxylic acids is 2. The minimum Gasteiger partial charge on any atom is -0.350 e. The van der Waals surface area contributed by atoms with Crippen molar-refractivity contribution in [2.24, 2.45) is 0 Å². The lowest BCUT2D eigenvalue weighted by Crippen LogP contribution is -2.28. The van der Waals surface area contributed by atoms with Gasteiger partial charge in [0.2, 0.25) is 5.91 Å². The summed E-state index contributed by atoms with van der Waals surface area (Å²) in [6.07, 6.45) is 1.56.